The first-order valence-corrected chi connectivity index (χ1v) is 18.6. The molecule has 0 bridgehead atoms. The van der Waals surface area contributed by atoms with Gasteiger partial charge in [0, 0.05) is 107 Å². The molecule has 0 aliphatic rings. The van der Waals surface area contributed by atoms with E-state index < -0.39 is 218 Å². The minimum absolute atomic E-state index is 0. The normalized spacial score (nSPS) is 9.20. The van der Waals surface area contributed by atoms with Crippen molar-refractivity contribution in [2.45, 2.75) is 111 Å². The number of rotatable bonds is 30. The van der Waals surface area contributed by atoms with Gasteiger partial charge in [-0.3, -0.25) is 0 Å². The van der Waals surface area contributed by atoms with Crippen LogP contribution >= 0.6 is 0 Å². The van der Waals surface area contributed by atoms with Gasteiger partial charge in [0.2, 0.25) is 0 Å². The molecule has 0 fully saturated rings. The number of carboxylic acids is 18. The summed E-state index contributed by atoms with van der Waals surface area (Å²) in [5.41, 5.74) is -19.3. The number of aliphatic carboxylic acids is 18. The Labute approximate surface area is 565 Å². The average Bonchev–Trinajstić information content (AvgIpc) is 3.15. The molecular weight excluding hydrogens is 1510 g/mol. The minimum Gasteiger partial charge on any atom is -0.845 e. The quantitative estimate of drug-likeness (QED) is 0.0302. The van der Waals surface area contributed by atoms with Crippen LogP contribution in [0.5, 0.6) is 0 Å². The second-order valence-electron chi connectivity index (χ2n) is 14.3. The van der Waals surface area contributed by atoms with Crippen LogP contribution in [0.25, 0.3) is 0 Å². The second kappa shape index (κ2) is 63.6. The van der Waals surface area contributed by atoms with Gasteiger partial charge in [-0.2, -0.15) is 0 Å². The molecule has 0 aromatic heterocycles. The molecular formula is C36H60Fe5N9O42. The first kappa shape index (κ1) is 142. The molecule has 0 aromatic rings. The van der Waals surface area contributed by atoms with E-state index in [0.717, 1.165) is 0 Å². The molecule has 56 heteroatoms. The number of carbonyl (C=O) groups is 18. The Hall–Kier alpha value is -7.54. The summed E-state index contributed by atoms with van der Waals surface area (Å²) in [4.78, 5) is 179. The van der Waals surface area contributed by atoms with Crippen LogP contribution < -0.4 is 178 Å². The summed E-state index contributed by atoms with van der Waals surface area (Å²) in [6.45, 7) is 0. The van der Waals surface area contributed by atoms with Gasteiger partial charge in [-0.25, -0.2) is 0 Å². The molecule has 0 saturated carbocycles. The van der Waals surface area contributed by atoms with E-state index in [1.165, 1.54) is 0 Å². The van der Waals surface area contributed by atoms with Gasteiger partial charge in [-0.05, 0) is 77.0 Å². The van der Waals surface area contributed by atoms with E-state index >= 15 is 0 Å². The van der Waals surface area contributed by atoms with Crippen LogP contribution in [0.2, 0.25) is 0 Å². The summed E-state index contributed by atoms with van der Waals surface area (Å²) < 4.78 is 0. The number of hydrogen-bond donors (Lipinski definition) is 9. The van der Waals surface area contributed by atoms with E-state index in [1.807, 2.05) is 0 Å². The minimum atomic E-state index is -3.22. The molecule has 0 atom stereocenters. The fourth-order valence-corrected chi connectivity index (χ4v) is 4.04. The molecule has 0 rings (SSSR count). The van der Waals surface area contributed by atoms with Crippen molar-refractivity contribution >= 4 is 107 Å². The predicted octanol–water partition coefficient (Wildman–Crippen LogP) is -31.9. The fraction of sp³-hybridized carbons (Fsp3) is 0.500. The van der Waals surface area contributed by atoms with E-state index in [2.05, 4.69) is 0 Å². The Morgan fingerprint density at radius 1 is 0.152 bits per heavy atom. The smallest absolute Gasteiger partial charge is 0.845 e. The third kappa shape index (κ3) is 69.9. The topological polar surface area (TPSA) is 1190 Å². The standard InChI is InChI=1S/6C6H7O7.5Fe.9H3N/c6*7-3(8)1-6(13,5(11)12)2-4(9)10;;;;;;;;;;;;;;/h6*1-2H2,(H,7,8)(H,9,10)(H,11,12);;;;;;9*1H3/q6*-1;5*+3;;;;;;;;;/p-9. The number of carboxylic acid groups (broad SMARTS) is 18. The van der Waals surface area contributed by atoms with Gasteiger partial charge in [-0.15, -0.1) is 0 Å². The summed E-state index contributed by atoms with van der Waals surface area (Å²) in [6, 6.07) is 0. The second-order valence-corrected chi connectivity index (χ2v) is 14.3. The van der Waals surface area contributed by atoms with Gasteiger partial charge in [0.25, 0.3) is 0 Å². The van der Waals surface area contributed by atoms with Crippen LogP contribution in [0.1, 0.15) is 77.0 Å². The summed E-state index contributed by atoms with van der Waals surface area (Å²) >= 11 is 0. The van der Waals surface area contributed by atoms with Gasteiger partial charge in [0.05, 0.1) is 0 Å². The molecule has 0 spiro atoms. The molecule has 0 unspecified atom stereocenters. The fourth-order valence-electron chi connectivity index (χ4n) is 4.04. The Morgan fingerprint density at radius 2 is 0.196 bits per heavy atom. The van der Waals surface area contributed by atoms with Crippen molar-refractivity contribution in [3.63, 3.8) is 0 Å². The van der Waals surface area contributed by atoms with Crippen LogP contribution in [-0.4, -0.2) is 141 Å². The van der Waals surface area contributed by atoms with E-state index in [4.69, 9.17) is 0 Å². The van der Waals surface area contributed by atoms with Gasteiger partial charge in [-0.1, -0.05) is 33.6 Å². The monoisotopic (exact) mass is 1570 g/mol. The molecule has 0 aromatic carbocycles. The average molecular weight is 1570 g/mol. The van der Waals surface area contributed by atoms with Gasteiger partial charge >= 0.3 is 85.3 Å². The van der Waals surface area contributed by atoms with Gasteiger partial charge < -0.3 is 264 Å². The maximum Gasteiger partial charge on any atom is 3.00 e. The van der Waals surface area contributed by atoms with E-state index in [1.54, 1.807) is 0 Å². The van der Waals surface area contributed by atoms with Crippen LogP contribution in [0, 0.1) is 0 Å². The summed E-state index contributed by atoms with van der Waals surface area (Å²) in [5, 5.41) is 245. The molecule has 541 valence electrons. The summed E-state index contributed by atoms with van der Waals surface area (Å²) in [7, 11) is 0. The van der Waals surface area contributed by atoms with Crippen molar-refractivity contribution in [3.05, 3.63) is 0 Å². The summed E-state index contributed by atoms with van der Waals surface area (Å²) in [5.74, 6) is -37.3. The maximum atomic E-state index is 10.9. The van der Waals surface area contributed by atoms with Crippen molar-refractivity contribution in [1.29, 1.82) is 0 Å². The first-order valence-electron chi connectivity index (χ1n) is 18.6. The van der Waals surface area contributed by atoms with Gasteiger partial charge in [0.1, 0.15) is 0 Å². The van der Waals surface area contributed by atoms with E-state index in [0.29, 0.717) is 0 Å². The molecule has 0 aliphatic carbocycles. The van der Waals surface area contributed by atoms with Crippen LogP contribution in [0.15, 0.2) is 0 Å². The number of quaternary nitrogens is 9. The van der Waals surface area contributed by atoms with Gasteiger partial charge in [0.15, 0.2) is 0 Å². The Morgan fingerprint density at radius 3 is 0.217 bits per heavy atom. The molecule has 92 heavy (non-hydrogen) atoms. The third-order valence-corrected chi connectivity index (χ3v) is 7.39. The zero-order valence-electron chi connectivity index (χ0n) is 48.4. The zero-order valence-corrected chi connectivity index (χ0v) is 53.9. The maximum absolute atomic E-state index is 10.9. The molecule has 0 amide bonds. The summed E-state index contributed by atoms with van der Waals surface area (Å²) in [6.07, 6.45) is -17.6. The Bertz CT molecular complexity index is 1840. The van der Waals surface area contributed by atoms with E-state index in [9.17, 15) is 209 Å². The van der Waals surface area contributed by atoms with Crippen molar-refractivity contribution in [2.24, 2.45) is 0 Å². The molecule has 0 saturated heterocycles. The molecule has 5 radical (unpaired) electrons. The number of hydrogen-bond acceptors (Lipinski definition) is 42. The Kier molecular flexibility index (Phi) is 97.9. The zero-order chi connectivity index (χ0) is 63.9. The molecule has 36 N–H and O–H groups in total. The van der Waals surface area contributed by atoms with Crippen LogP contribution in [0.4, 0.5) is 0 Å². The first-order chi connectivity index (χ1) is 34.7. The van der Waals surface area contributed by atoms with Crippen molar-refractivity contribution in [1.82, 2.24) is 55.4 Å². The van der Waals surface area contributed by atoms with E-state index in [-0.39, 0.29) is 141 Å². The molecule has 0 aliphatic heterocycles. The largest absolute Gasteiger partial charge is 3.00 e. The Balaban J connectivity index is -0.0000000365. The molecule has 0 heterocycles. The predicted molar refractivity (Wildman–Crippen MR) is 216 cm³/mol. The third-order valence-electron chi connectivity index (χ3n) is 7.39. The number of carbonyl (C=O) groups excluding carboxylic acids is 18. The SMILES string of the molecule is O=C([O-])CC([O-])(CC(=O)[O-])C(=O)[O-].O=C([O-])CC([O-])(CC(=O)[O-])C(=O)[O-].O=C([O-])CC([O-])(CC(=O)[O-])C(=O)[O-].O=C([O-])CC([O-])(CC(=O)[O-])C(=O)[O-].O=C([O-])CC([O-])(CC(=O)[O-])C(=O)[O-].O=C([O-])CC([O-])(CC(=O)[O-])C(=O)[O-].[Fe+3].[Fe+3].[Fe+3].[Fe+3].[Fe+3].[NH4+].[NH4+].[NH4+].[NH4+].[NH4+].[NH4+].[NH4+].[NH4+].[NH4+]. The molecule has 51 nitrogen and oxygen atoms in total. The van der Waals surface area contributed by atoms with Crippen LogP contribution in [0.3, 0.4) is 0 Å². The van der Waals surface area contributed by atoms with Crippen molar-refractivity contribution in [3.8, 4) is 0 Å². The van der Waals surface area contributed by atoms with Crippen LogP contribution in [-0.2, 0) is 172 Å². The van der Waals surface area contributed by atoms with Crippen molar-refractivity contribution < 1.29 is 294 Å². The van der Waals surface area contributed by atoms with Crippen molar-refractivity contribution in [2.75, 3.05) is 0 Å².